The first-order valence-electron chi connectivity index (χ1n) is 8.18. The first-order chi connectivity index (χ1) is 12.4. The molecule has 7 N–H and O–H groups in total. The monoisotopic (exact) mass is 373 g/mol. The van der Waals surface area contributed by atoms with Crippen LogP contribution in [0.5, 0.6) is 5.75 Å². The molecule has 2 aliphatic rings. The van der Waals surface area contributed by atoms with Gasteiger partial charge in [0.05, 0.1) is 13.2 Å². The summed E-state index contributed by atoms with van der Waals surface area (Å²) in [5.74, 6) is 0.401. The lowest BCUT2D eigenvalue weighted by atomic mass is 10.0. The Morgan fingerprint density at radius 3 is 2.12 bits per heavy atom. The summed E-state index contributed by atoms with van der Waals surface area (Å²) >= 11 is 0. The molecule has 1 aromatic carbocycles. The van der Waals surface area contributed by atoms with Crippen molar-refractivity contribution in [1.82, 2.24) is 0 Å². The van der Waals surface area contributed by atoms with E-state index in [-0.39, 0.29) is 13.2 Å². The summed E-state index contributed by atoms with van der Waals surface area (Å²) in [6.07, 6.45) is -10.4. The molecule has 26 heavy (non-hydrogen) atoms. The fourth-order valence-corrected chi connectivity index (χ4v) is 2.74. The van der Waals surface area contributed by atoms with Gasteiger partial charge in [0.25, 0.3) is 0 Å². The molecule has 2 fully saturated rings. The van der Waals surface area contributed by atoms with Crippen molar-refractivity contribution in [2.75, 3.05) is 18.9 Å². The molecular weight excluding hydrogens is 350 g/mol. The maximum Gasteiger partial charge on any atom is 0.228 e. The van der Waals surface area contributed by atoms with Gasteiger partial charge in [-0.25, -0.2) is 0 Å². The summed E-state index contributed by atoms with van der Waals surface area (Å²) in [6.45, 7) is -0.388. The van der Waals surface area contributed by atoms with Crippen LogP contribution in [0.3, 0.4) is 0 Å². The molecule has 2 heterocycles. The molecule has 0 spiro atoms. The minimum atomic E-state index is -1.51. The van der Waals surface area contributed by atoms with Crippen molar-refractivity contribution in [1.29, 1.82) is 0 Å². The highest BCUT2D eigenvalue weighted by Gasteiger charge is 2.45. The fraction of sp³-hybridized carbons (Fsp3) is 0.625. The zero-order valence-corrected chi connectivity index (χ0v) is 13.8. The van der Waals surface area contributed by atoms with Crippen LogP contribution in [0.1, 0.15) is 0 Å². The van der Waals surface area contributed by atoms with Crippen molar-refractivity contribution < 1.29 is 44.5 Å². The minimum Gasteiger partial charge on any atom is -0.462 e. The number of rotatable bonds is 4. The van der Waals surface area contributed by atoms with Crippen molar-refractivity contribution in [3.63, 3.8) is 0 Å². The summed E-state index contributed by atoms with van der Waals surface area (Å²) < 4.78 is 21.4. The van der Waals surface area contributed by atoms with Crippen LogP contribution in [0, 0.1) is 0 Å². The second-order valence-corrected chi connectivity index (χ2v) is 6.29. The number of aliphatic hydroxyl groups excluding tert-OH is 5. The van der Waals surface area contributed by atoms with Gasteiger partial charge in [0, 0.05) is 5.69 Å². The molecule has 0 aromatic heterocycles. The van der Waals surface area contributed by atoms with E-state index in [2.05, 4.69) is 0 Å². The zero-order valence-electron chi connectivity index (χ0n) is 13.8. The zero-order chi connectivity index (χ0) is 18.8. The van der Waals surface area contributed by atoms with E-state index in [1.165, 1.54) is 0 Å². The van der Waals surface area contributed by atoms with Crippen LogP contribution in [-0.4, -0.2) is 88.0 Å². The predicted molar refractivity (Wildman–Crippen MR) is 85.9 cm³/mol. The number of hydrogen-bond acceptors (Lipinski definition) is 10. The van der Waals surface area contributed by atoms with Gasteiger partial charge in [-0.1, -0.05) is 0 Å². The summed E-state index contributed by atoms with van der Waals surface area (Å²) in [6, 6.07) is 6.43. The third kappa shape index (κ3) is 4.08. The lowest BCUT2D eigenvalue weighted by molar-refractivity contribution is -0.320. The first-order valence-corrected chi connectivity index (χ1v) is 8.18. The standard InChI is InChI=1S/C16H23NO9/c17-7-1-3-8(4-2-7)25-15-14(22)12(20)10(6-24-15)26-16-13(21)11(19)9(18)5-23-16/h1-4,9-16,18-22H,5-6,17H2/t9-,10-,11+,12+,13-,14-,15+,16+/m1/s1. The molecule has 8 atom stereocenters. The lowest BCUT2D eigenvalue weighted by Crippen LogP contribution is -2.60. The number of aliphatic hydroxyl groups is 5. The van der Waals surface area contributed by atoms with Crippen molar-refractivity contribution in [2.45, 2.75) is 49.2 Å². The molecule has 0 bridgehead atoms. The van der Waals surface area contributed by atoms with Crippen molar-refractivity contribution in [3.05, 3.63) is 24.3 Å². The highest BCUT2D eigenvalue weighted by molar-refractivity contribution is 5.41. The second kappa shape index (κ2) is 8.03. The summed E-state index contributed by atoms with van der Waals surface area (Å²) in [4.78, 5) is 0. The highest BCUT2D eigenvalue weighted by Crippen LogP contribution is 2.25. The summed E-state index contributed by atoms with van der Waals surface area (Å²) in [7, 11) is 0. The van der Waals surface area contributed by atoms with Gasteiger partial charge in [-0.2, -0.15) is 0 Å². The Morgan fingerprint density at radius 1 is 0.808 bits per heavy atom. The van der Waals surface area contributed by atoms with E-state index in [0.29, 0.717) is 11.4 Å². The molecule has 0 saturated carbocycles. The molecule has 0 unspecified atom stereocenters. The molecule has 146 valence electrons. The SMILES string of the molecule is Nc1ccc(O[C@@H]2OC[C@@H](O[C@@H]3OC[C@@H](O)[C@H](O)[C@H]3O)[C@H](O)[C@H]2O)cc1. The fourth-order valence-electron chi connectivity index (χ4n) is 2.74. The molecule has 1 aromatic rings. The molecule has 0 aliphatic carbocycles. The molecule has 3 rings (SSSR count). The Kier molecular flexibility index (Phi) is 5.95. The Balaban J connectivity index is 1.57. The highest BCUT2D eigenvalue weighted by atomic mass is 16.7. The van der Waals surface area contributed by atoms with Crippen LogP contribution < -0.4 is 10.5 Å². The Morgan fingerprint density at radius 2 is 1.42 bits per heavy atom. The summed E-state index contributed by atoms with van der Waals surface area (Å²) in [5.41, 5.74) is 6.14. The summed E-state index contributed by atoms with van der Waals surface area (Å²) in [5, 5.41) is 49.4. The molecule has 2 saturated heterocycles. The molecule has 0 amide bonds. The number of hydrogen-bond donors (Lipinski definition) is 6. The Labute approximate surface area is 149 Å². The molecular formula is C16H23NO9. The topological polar surface area (TPSA) is 164 Å². The Hall–Kier alpha value is -1.50. The van der Waals surface area contributed by atoms with E-state index in [0.717, 1.165) is 0 Å². The normalized spacial score (nSPS) is 41.0. The smallest absolute Gasteiger partial charge is 0.228 e. The van der Waals surface area contributed by atoms with Gasteiger partial charge in [-0.15, -0.1) is 0 Å². The van der Waals surface area contributed by atoms with Crippen LogP contribution in [0.2, 0.25) is 0 Å². The van der Waals surface area contributed by atoms with Gasteiger partial charge in [0.15, 0.2) is 6.29 Å². The maximum absolute atomic E-state index is 10.3. The van der Waals surface area contributed by atoms with E-state index < -0.39 is 49.2 Å². The molecule has 10 nitrogen and oxygen atoms in total. The van der Waals surface area contributed by atoms with Gasteiger partial charge in [-0.05, 0) is 24.3 Å². The van der Waals surface area contributed by atoms with E-state index in [1.54, 1.807) is 24.3 Å². The quantitative estimate of drug-likeness (QED) is 0.312. The van der Waals surface area contributed by atoms with E-state index >= 15 is 0 Å². The average molecular weight is 373 g/mol. The van der Waals surface area contributed by atoms with Gasteiger partial charge in [0.1, 0.15) is 42.4 Å². The van der Waals surface area contributed by atoms with E-state index in [1.807, 2.05) is 0 Å². The van der Waals surface area contributed by atoms with Crippen LogP contribution >= 0.6 is 0 Å². The van der Waals surface area contributed by atoms with Crippen LogP contribution in [0.15, 0.2) is 24.3 Å². The predicted octanol–water partition coefficient (Wildman–Crippen LogP) is -2.45. The molecule has 10 heteroatoms. The van der Waals surface area contributed by atoms with Crippen molar-refractivity contribution in [2.24, 2.45) is 0 Å². The Bertz CT molecular complexity index is 586. The van der Waals surface area contributed by atoms with Gasteiger partial charge in [0.2, 0.25) is 6.29 Å². The number of benzene rings is 1. The van der Waals surface area contributed by atoms with E-state index in [9.17, 15) is 25.5 Å². The van der Waals surface area contributed by atoms with Crippen LogP contribution in [-0.2, 0) is 14.2 Å². The third-order valence-electron chi connectivity index (χ3n) is 4.33. The van der Waals surface area contributed by atoms with E-state index in [4.69, 9.17) is 24.7 Å². The second-order valence-electron chi connectivity index (χ2n) is 6.29. The van der Waals surface area contributed by atoms with Gasteiger partial charge < -0.3 is 50.2 Å². The van der Waals surface area contributed by atoms with Crippen LogP contribution in [0.4, 0.5) is 5.69 Å². The lowest BCUT2D eigenvalue weighted by Gasteiger charge is -2.41. The average Bonchev–Trinajstić information content (AvgIpc) is 2.63. The molecule has 2 aliphatic heterocycles. The number of nitrogen functional groups attached to an aromatic ring is 1. The van der Waals surface area contributed by atoms with Gasteiger partial charge >= 0.3 is 0 Å². The minimum absolute atomic E-state index is 0.150. The number of nitrogens with two attached hydrogens (primary N) is 1. The third-order valence-corrected chi connectivity index (χ3v) is 4.33. The first kappa shape index (κ1) is 19.3. The number of ether oxygens (including phenoxy) is 4. The van der Waals surface area contributed by atoms with Gasteiger partial charge in [-0.3, -0.25) is 0 Å². The van der Waals surface area contributed by atoms with Crippen LogP contribution in [0.25, 0.3) is 0 Å². The van der Waals surface area contributed by atoms with Crippen molar-refractivity contribution >= 4 is 5.69 Å². The van der Waals surface area contributed by atoms with Crippen molar-refractivity contribution in [3.8, 4) is 5.75 Å². The largest absolute Gasteiger partial charge is 0.462 e. The maximum atomic E-state index is 10.3. The molecule has 0 radical (unpaired) electrons. The number of anilines is 1.